The fourth-order valence-corrected chi connectivity index (χ4v) is 1.69. The maximum Gasteiger partial charge on any atom is 0.407 e. The summed E-state index contributed by atoms with van der Waals surface area (Å²) in [7, 11) is 0. The molecule has 0 saturated heterocycles. The highest BCUT2D eigenvalue weighted by Gasteiger charge is 2.27. The average Bonchev–Trinajstić information content (AvgIpc) is 2.93. The Labute approximate surface area is 104 Å². The zero-order valence-corrected chi connectivity index (χ0v) is 11.7. The minimum atomic E-state index is -0.432. The molecule has 1 aliphatic carbocycles. The lowest BCUT2D eigenvalue weighted by Crippen LogP contribution is -2.44. The van der Waals surface area contributed by atoms with Gasteiger partial charge in [-0.25, -0.2) is 4.79 Å². The van der Waals surface area contributed by atoms with Gasteiger partial charge in [-0.3, -0.25) is 0 Å². The van der Waals surface area contributed by atoms with Crippen molar-refractivity contribution in [2.45, 2.75) is 65.1 Å². The normalized spacial score (nSPS) is 19.6. The van der Waals surface area contributed by atoms with Crippen molar-refractivity contribution in [1.82, 2.24) is 10.6 Å². The van der Waals surface area contributed by atoms with Crippen molar-refractivity contribution in [3.63, 3.8) is 0 Å². The summed E-state index contributed by atoms with van der Waals surface area (Å²) in [5.41, 5.74) is -0.432. The Kier molecular flexibility index (Phi) is 4.80. The molecule has 4 nitrogen and oxygen atoms in total. The van der Waals surface area contributed by atoms with E-state index in [1.807, 2.05) is 27.7 Å². The Bertz CT molecular complexity index is 257. The summed E-state index contributed by atoms with van der Waals surface area (Å²) in [5.74, 6) is 0.837. The highest BCUT2D eigenvalue weighted by atomic mass is 16.6. The molecule has 0 aromatic carbocycles. The van der Waals surface area contributed by atoms with Crippen LogP contribution in [0.4, 0.5) is 4.79 Å². The Hall–Kier alpha value is -0.770. The molecule has 1 saturated carbocycles. The third-order valence-corrected chi connectivity index (χ3v) is 2.84. The third kappa shape index (κ3) is 6.51. The molecule has 1 rings (SSSR count). The van der Waals surface area contributed by atoms with Crippen LogP contribution in [0, 0.1) is 5.92 Å². The van der Waals surface area contributed by atoms with Gasteiger partial charge in [0.05, 0.1) is 0 Å². The first-order chi connectivity index (χ1) is 7.78. The minimum absolute atomic E-state index is 0.0889. The van der Waals surface area contributed by atoms with E-state index < -0.39 is 5.60 Å². The quantitative estimate of drug-likeness (QED) is 0.777. The number of hydrogen-bond acceptors (Lipinski definition) is 3. The third-order valence-electron chi connectivity index (χ3n) is 2.84. The summed E-state index contributed by atoms with van der Waals surface area (Å²) in [5, 5.41) is 6.27. The van der Waals surface area contributed by atoms with E-state index in [1.165, 1.54) is 12.8 Å². The summed E-state index contributed by atoms with van der Waals surface area (Å²) in [4.78, 5) is 11.5. The second kappa shape index (κ2) is 5.71. The molecular formula is C13H26N2O2. The van der Waals surface area contributed by atoms with E-state index in [0.717, 1.165) is 12.5 Å². The Morgan fingerprint density at radius 1 is 1.35 bits per heavy atom. The van der Waals surface area contributed by atoms with Crippen LogP contribution in [0.1, 0.15) is 47.5 Å². The number of alkyl carbamates (subject to hydrolysis) is 1. The number of hydrogen-bond donors (Lipinski definition) is 2. The Morgan fingerprint density at radius 3 is 2.41 bits per heavy atom. The van der Waals surface area contributed by atoms with Crippen molar-refractivity contribution < 1.29 is 9.53 Å². The van der Waals surface area contributed by atoms with Crippen LogP contribution >= 0.6 is 0 Å². The monoisotopic (exact) mass is 242 g/mol. The molecule has 0 aromatic rings. The molecular weight excluding hydrogens is 216 g/mol. The molecule has 4 heteroatoms. The molecule has 1 amide bonds. The first kappa shape index (κ1) is 14.3. The predicted octanol–water partition coefficient (Wildman–Crippen LogP) is 2.29. The smallest absolute Gasteiger partial charge is 0.407 e. The summed E-state index contributed by atoms with van der Waals surface area (Å²) >= 11 is 0. The molecule has 0 aromatic heterocycles. The molecule has 100 valence electrons. The lowest BCUT2D eigenvalue weighted by Gasteiger charge is -2.23. The second-order valence-electron chi connectivity index (χ2n) is 6.08. The van der Waals surface area contributed by atoms with Gasteiger partial charge in [-0.05, 0) is 53.4 Å². The fraction of sp³-hybridized carbons (Fsp3) is 0.923. The maximum atomic E-state index is 11.5. The van der Waals surface area contributed by atoms with E-state index in [0.29, 0.717) is 6.04 Å². The van der Waals surface area contributed by atoms with Gasteiger partial charge in [-0.15, -0.1) is 0 Å². The van der Waals surface area contributed by atoms with Gasteiger partial charge in [0.1, 0.15) is 5.60 Å². The highest BCUT2D eigenvalue weighted by Crippen LogP contribution is 2.32. The fourth-order valence-electron chi connectivity index (χ4n) is 1.69. The van der Waals surface area contributed by atoms with Crippen molar-refractivity contribution in [1.29, 1.82) is 0 Å². The van der Waals surface area contributed by atoms with Gasteiger partial charge in [0, 0.05) is 18.6 Å². The van der Waals surface area contributed by atoms with Crippen LogP contribution in [0.2, 0.25) is 0 Å². The summed E-state index contributed by atoms with van der Waals surface area (Å²) in [6.45, 7) is 10.6. The average molecular weight is 242 g/mol. The zero-order valence-electron chi connectivity index (χ0n) is 11.7. The van der Waals surface area contributed by atoms with Gasteiger partial charge >= 0.3 is 6.09 Å². The summed E-state index contributed by atoms with van der Waals surface area (Å²) in [6.07, 6.45) is 2.33. The van der Waals surface area contributed by atoms with Gasteiger partial charge < -0.3 is 15.4 Å². The van der Waals surface area contributed by atoms with E-state index in [-0.39, 0.29) is 12.1 Å². The number of carbonyl (C=O) groups excluding carboxylic acids is 1. The van der Waals surface area contributed by atoms with Crippen LogP contribution in [0.3, 0.4) is 0 Å². The molecule has 0 radical (unpaired) electrons. The molecule has 2 atom stereocenters. The van der Waals surface area contributed by atoms with Crippen LogP contribution in [0.15, 0.2) is 0 Å². The Balaban J connectivity index is 2.15. The van der Waals surface area contributed by atoms with Crippen LogP contribution in [-0.2, 0) is 4.74 Å². The van der Waals surface area contributed by atoms with Crippen molar-refractivity contribution >= 4 is 6.09 Å². The van der Waals surface area contributed by atoms with E-state index in [1.54, 1.807) is 0 Å². The van der Waals surface area contributed by atoms with Crippen LogP contribution in [-0.4, -0.2) is 30.3 Å². The first-order valence-electron chi connectivity index (χ1n) is 6.51. The molecule has 0 heterocycles. The van der Waals surface area contributed by atoms with E-state index in [9.17, 15) is 4.79 Å². The first-order valence-corrected chi connectivity index (χ1v) is 6.51. The van der Waals surface area contributed by atoms with Crippen molar-refractivity contribution in [3.8, 4) is 0 Å². The number of amides is 1. The number of rotatable bonds is 5. The largest absolute Gasteiger partial charge is 0.444 e. The second-order valence-corrected chi connectivity index (χ2v) is 6.08. The van der Waals surface area contributed by atoms with Crippen molar-refractivity contribution in [3.05, 3.63) is 0 Å². The predicted molar refractivity (Wildman–Crippen MR) is 69.0 cm³/mol. The molecule has 1 fully saturated rings. The van der Waals surface area contributed by atoms with Gasteiger partial charge in [-0.1, -0.05) is 0 Å². The lowest BCUT2D eigenvalue weighted by atomic mass is 10.2. The number of nitrogens with one attached hydrogen (secondary N) is 2. The molecule has 17 heavy (non-hydrogen) atoms. The van der Waals surface area contributed by atoms with Crippen molar-refractivity contribution in [2.75, 3.05) is 6.54 Å². The molecule has 0 bridgehead atoms. The van der Waals surface area contributed by atoms with Crippen LogP contribution < -0.4 is 10.6 Å². The van der Waals surface area contributed by atoms with Gasteiger partial charge in [0.25, 0.3) is 0 Å². The topological polar surface area (TPSA) is 50.4 Å². The summed E-state index contributed by atoms with van der Waals surface area (Å²) in [6, 6.07) is 0.643. The molecule has 0 spiro atoms. The van der Waals surface area contributed by atoms with E-state index in [2.05, 4.69) is 17.6 Å². The zero-order chi connectivity index (χ0) is 13.1. The minimum Gasteiger partial charge on any atom is -0.444 e. The van der Waals surface area contributed by atoms with Gasteiger partial charge in [0.15, 0.2) is 0 Å². The maximum absolute atomic E-state index is 11.5. The SMILES string of the molecule is CC(CNC(C)C1CC1)NC(=O)OC(C)(C)C. The molecule has 1 aliphatic rings. The number of carbonyl (C=O) groups is 1. The molecule has 0 aliphatic heterocycles. The van der Waals surface area contributed by atoms with Crippen molar-refractivity contribution in [2.24, 2.45) is 5.92 Å². The molecule has 2 N–H and O–H groups in total. The van der Waals surface area contributed by atoms with Gasteiger partial charge in [0.2, 0.25) is 0 Å². The van der Waals surface area contributed by atoms with Crippen LogP contribution in [0.25, 0.3) is 0 Å². The van der Waals surface area contributed by atoms with E-state index in [4.69, 9.17) is 4.74 Å². The van der Waals surface area contributed by atoms with Crippen LogP contribution in [0.5, 0.6) is 0 Å². The van der Waals surface area contributed by atoms with E-state index >= 15 is 0 Å². The van der Waals surface area contributed by atoms with Gasteiger partial charge in [-0.2, -0.15) is 0 Å². The highest BCUT2D eigenvalue weighted by molar-refractivity contribution is 5.68. The molecule has 2 unspecified atom stereocenters. The Morgan fingerprint density at radius 2 is 1.94 bits per heavy atom. The summed E-state index contributed by atoms with van der Waals surface area (Å²) < 4.78 is 5.20. The lowest BCUT2D eigenvalue weighted by molar-refractivity contribution is 0.0507. The number of ether oxygens (including phenoxy) is 1. The standard InChI is InChI=1S/C13H26N2O2/c1-9(8-14-10(2)11-6-7-11)15-12(16)17-13(3,4)5/h9-11,14H,6-8H2,1-5H3,(H,15,16).